The van der Waals surface area contributed by atoms with Crippen molar-refractivity contribution in [2.24, 2.45) is 0 Å². The van der Waals surface area contributed by atoms with Crippen LogP contribution in [0.5, 0.6) is 0 Å². The number of likely N-dealkylation sites (tertiary alicyclic amines) is 1. The number of hydrogen-bond donors (Lipinski definition) is 1. The number of benzene rings is 2. The Bertz CT molecular complexity index is 755. The fraction of sp³-hybridized carbons (Fsp3) is 0.263. The summed E-state index contributed by atoms with van der Waals surface area (Å²) < 4.78 is 0. The number of carbonyl (C=O) groups is 2. The Morgan fingerprint density at radius 3 is 2.46 bits per heavy atom. The molecule has 2 aromatic rings. The number of halogens is 1. The van der Waals surface area contributed by atoms with Crippen molar-refractivity contribution >= 4 is 23.4 Å². The monoisotopic (exact) mass is 342 g/mol. The van der Waals surface area contributed by atoms with Gasteiger partial charge in [-0.05, 0) is 42.7 Å². The van der Waals surface area contributed by atoms with Gasteiger partial charge in [0.25, 0.3) is 11.8 Å². The predicted molar refractivity (Wildman–Crippen MR) is 94.2 cm³/mol. The van der Waals surface area contributed by atoms with E-state index in [1.54, 1.807) is 30.3 Å². The molecule has 0 saturated carbocycles. The molecular formula is C19H19ClN2O2. The summed E-state index contributed by atoms with van der Waals surface area (Å²) in [5.41, 5.74) is 1.89. The Balaban J connectivity index is 1.68. The Morgan fingerprint density at radius 1 is 1.00 bits per heavy atom. The van der Waals surface area contributed by atoms with Gasteiger partial charge in [0.05, 0.1) is 0 Å². The van der Waals surface area contributed by atoms with Crippen molar-refractivity contribution in [2.45, 2.75) is 19.4 Å². The van der Waals surface area contributed by atoms with Crippen LogP contribution in [0.3, 0.4) is 0 Å². The zero-order chi connectivity index (χ0) is 16.9. The van der Waals surface area contributed by atoms with E-state index in [4.69, 9.17) is 11.6 Å². The van der Waals surface area contributed by atoms with E-state index in [9.17, 15) is 9.59 Å². The molecule has 3 rings (SSSR count). The molecular weight excluding hydrogens is 324 g/mol. The van der Waals surface area contributed by atoms with Crippen LogP contribution in [0.25, 0.3) is 0 Å². The van der Waals surface area contributed by atoms with Crippen molar-refractivity contribution in [1.82, 2.24) is 10.2 Å². The van der Waals surface area contributed by atoms with Gasteiger partial charge in [-0.2, -0.15) is 0 Å². The van der Waals surface area contributed by atoms with Crippen LogP contribution in [0.1, 0.15) is 39.1 Å². The molecule has 0 aromatic heterocycles. The minimum Gasteiger partial charge on any atom is -0.348 e. The molecule has 1 aliphatic rings. The zero-order valence-electron chi connectivity index (χ0n) is 13.3. The van der Waals surface area contributed by atoms with E-state index in [0.717, 1.165) is 31.5 Å². The van der Waals surface area contributed by atoms with Gasteiger partial charge in [-0.15, -0.1) is 0 Å². The number of amides is 2. The van der Waals surface area contributed by atoms with Crippen molar-refractivity contribution in [2.75, 3.05) is 13.1 Å². The average molecular weight is 343 g/mol. The third-order valence-electron chi connectivity index (χ3n) is 4.16. The molecule has 1 N–H and O–H groups in total. The number of rotatable bonds is 4. The summed E-state index contributed by atoms with van der Waals surface area (Å²) in [7, 11) is 0. The second-order valence-electron chi connectivity index (χ2n) is 5.85. The lowest BCUT2D eigenvalue weighted by Gasteiger charge is -2.15. The minimum absolute atomic E-state index is 0.00625. The van der Waals surface area contributed by atoms with Crippen molar-refractivity contribution in [3.8, 4) is 0 Å². The molecule has 1 aliphatic heterocycles. The molecule has 0 radical (unpaired) electrons. The molecule has 0 atom stereocenters. The van der Waals surface area contributed by atoms with E-state index < -0.39 is 0 Å². The summed E-state index contributed by atoms with van der Waals surface area (Å²) in [5, 5.41) is 3.46. The summed E-state index contributed by atoms with van der Waals surface area (Å²) in [6, 6.07) is 14.3. The second kappa shape index (κ2) is 7.49. The molecule has 124 valence electrons. The van der Waals surface area contributed by atoms with Gasteiger partial charge in [0.15, 0.2) is 0 Å². The Hall–Kier alpha value is -2.33. The fourth-order valence-electron chi connectivity index (χ4n) is 2.82. The smallest absolute Gasteiger partial charge is 0.253 e. The first-order chi connectivity index (χ1) is 11.6. The molecule has 5 heteroatoms. The van der Waals surface area contributed by atoms with E-state index in [0.29, 0.717) is 22.7 Å². The maximum absolute atomic E-state index is 12.4. The Labute approximate surface area is 146 Å². The summed E-state index contributed by atoms with van der Waals surface area (Å²) in [5.74, 6) is -0.223. The number of nitrogens with one attached hydrogen (secondary N) is 1. The van der Waals surface area contributed by atoms with Crippen molar-refractivity contribution < 1.29 is 9.59 Å². The first-order valence-electron chi connectivity index (χ1n) is 8.06. The largest absolute Gasteiger partial charge is 0.348 e. The van der Waals surface area contributed by atoms with Gasteiger partial charge in [0, 0.05) is 35.8 Å². The zero-order valence-corrected chi connectivity index (χ0v) is 14.1. The molecule has 4 nitrogen and oxygen atoms in total. The van der Waals surface area contributed by atoms with Gasteiger partial charge in [0.1, 0.15) is 0 Å². The molecule has 1 fully saturated rings. The van der Waals surface area contributed by atoms with E-state index >= 15 is 0 Å². The summed E-state index contributed by atoms with van der Waals surface area (Å²) in [6.07, 6.45) is 2.09. The molecule has 24 heavy (non-hydrogen) atoms. The molecule has 0 bridgehead atoms. The predicted octanol–water partition coefficient (Wildman–Crippen LogP) is 3.51. The lowest BCUT2D eigenvalue weighted by Crippen LogP contribution is -2.28. The quantitative estimate of drug-likeness (QED) is 0.924. The highest BCUT2D eigenvalue weighted by atomic mass is 35.5. The normalized spacial score (nSPS) is 13.8. The molecule has 0 unspecified atom stereocenters. The maximum Gasteiger partial charge on any atom is 0.253 e. The lowest BCUT2D eigenvalue weighted by molar-refractivity contribution is 0.0793. The van der Waals surface area contributed by atoms with Crippen molar-refractivity contribution in [3.05, 3.63) is 70.2 Å². The maximum atomic E-state index is 12.4. The van der Waals surface area contributed by atoms with Gasteiger partial charge in [-0.1, -0.05) is 35.9 Å². The average Bonchev–Trinajstić information content (AvgIpc) is 3.15. The minimum atomic E-state index is -0.217. The molecule has 1 heterocycles. The van der Waals surface area contributed by atoms with Crippen LogP contribution in [0.4, 0.5) is 0 Å². The Morgan fingerprint density at radius 2 is 1.71 bits per heavy atom. The lowest BCUT2D eigenvalue weighted by atomic mass is 10.1. The number of hydrogen-bond acceptors (Lipinski definition) is 2. The summed E-state index contributed by atoms with van der Waals surface area (Å²) in [6.45, 7) is 1.94. The first kappa shape index (κ1) is 16.5. The molecule has 2 amide bonds. The third-order valence-corrected chi connectivity index (χ3v) is 4.53. The van der Waals surface area contributed by atoms with Gasteiger partial charge < -0.3 is 10.2 Å². The van der Waals surface area contributed by atoms with Crippen molar-refractivity contribution in [1.29, 1.82) is 0 Å². The van der Waals surface area contributed by atoms with Gasteiger partial charge in [0.2, 0.25) is 0 Å². The third kappa shape index (κ3) is 3.77. The molecule has 2 aromatic carbocycles. The van der Waals surface area contributed by atoms with E-state index in [2.05, 4.69) is 5.32 Å². The summed E-state index contributed by atoms with van der Waals surface area (Å²) in [4.78, 5) is 26.6. The molecule has 1 saturated heterocycles. The highest BCUT2D eigenvalue weighted by Crippen LogP contribution is 2.16. The molecule has 0 aliphatic carbocycles. The number of nitrogens with zero attached hydrogens (tertiary/aromatic N) is 1. The van der Waals surface area contributed by atoms with Crippen LogP contribution >= 0.6 is 11.6 Å². The van der Waals surface area contributed by atoms with Gasteiger partial charge in [-0.3, -0.25) is 9.59 Å². The fourth-order valence-corrected chi connectivity index (χ4v) is 3.02. The van der Waals surface area contributed by atoms with Crippen LogP contribution in [0.2, 0.25) is 5.02 Å². The second-order valence-corrected chi connectivity index (χ2v) is 6.26. The first-order valence-corrected chi connectivity index (χ1v) is 8.44. The van der Waals surface area contributed by atoms with Gasteiger partial charge >= 0.3 is 0 Å². The highest BCUT2D eigenvalue weighted by molar-refractivity contribution is 6.31. The van der Waals surface area contributed by atoms with Crippen LogP contribution in [-0.2, 0) is 6.54 Å². The van der Waals surface area contributed by atoms with Crippen LogP contribution in [0.15, 0.2) is 48.5 Å². The van der Waals surface area contributed by atoms with E-state index in [-0.39, 0.29) is 11.8 Å². The topological polar surface area (TPSA) is 49.4 Å². The van der Waals surface area contributed by atoms with Crippen LogP contribution < -0.4 is 5.32 Å². The van der Waals surface area contributed by atoms with E-state index in [1.807, 2.05) is 23.1 Å². The SMILES string of the molecule is O=C(NCc1ccccc1Cl)c1cccc(C(=O)N2CCCC2)c1. The highest BCUT2D eigenvalue weighted by Gasteiger charge is 2.20. The van der Waals surface area contributed by atoms with Crippen molar-refractivity contribution in [3.63, 3.8) is 0 Å². The van der Waals surface area contributed by atoms with Gasteiger partial charge in [-0.25, -0.2) is 0 Å². The van der Waals surface area contributed by atoms with Crippen LogP contribution in [-0.4, -0.2) is 29.8 Å². The van der Waals surface area contributed by atoms with Crippen LogP contribution in [0, 0.1) is 0 Å². The Kier molecular flexibility index (Phi) is 5.16. The number of carbonyl (C=O) groups excluding carboxylic acids is 2. The summed E-state index contributed by atoms with van der Waals surface area (Å²) >= 11 is 6.09. The van der Waals surface area contributed by atoms with E-state index in [1.165, 1.54) is 0 Å². The standard InChI is InChI=1S/C19H19ClN2O2/c20-17-9-2-1-6-16(17)13-21-18(23)14-7-5-8-15(12-14)19(24)22-10-3-4-11-22/h1-2,5-9,12H,3-4,10-11,13H2,(H,21,23). The molecule has 0 spiro atoms.